The first kappa shape index (κ1) is 22.3. The number of anilines is 1. The van der Waals surface area contributed by atoms with E-state index in [2.05, 4.69) is 19.2 Å². The minimum atomic E-state index is -3.54. The molecule has 2 aromatic carbocycles. The maximum absolute atomic E-state index is 13.0. The summed E-state index contributed by atoms with van der Waals surface area (Å²) >= 11 is 0. The third-order valence-corrected chi connectivity index (χ3v) is 7.34. The van der Waals surface area contributed by atoms with Gasteiger partial charge in [-0.2, -0.15) is 4.31 Å². The van der Waals surface area contributed by atoms with Crippen LogP contribution in [0.4, 0.5) is 5.69 Å². The fraction of sp³-hybridized carbons (Fsp3) is 0.435. The summed E-state index contributed by atoms with van der Waals surface area (Å²) < 4.78 is 27.5. The molecule has 0 spiro atoms. The Morgan fingerprint density at radius 1 is 1.00 bits per heavy atom. The van der Waals surface area contributed by atoms with E-state index in [4.69, 9.17) is 0 Å². The van der Waals surface area contributed by atoms with Crippen LogP contribution in [0.15, 0.2) is 53.4 Å². The summed E-state index contributed by atoms with van der Waals surface area (Å²) in [6.45, 7) is 5.67. The van der Waals surface area contributed by atoms with Crippen LogP contribution in [0.3, 0.4) is 0 Å². The van der Waals surface area contributed by atoms with Crippen molar-refractivity contribution >= 4 is 21.6 Å². The molecule has 162 valence electrons. The van der Waals surface area contributed by atoms with E-state index in [0.717, 1.165) is 17.7 Å². The van der Waals surface area contributed by atoms with Gasteiger partial charge in [-0.05, 0) is 60.2 Å². The molecule has 2 atom stereocenters. The lowest BCUT2D eigenvalue weighted by molar-refractivity contribution is 0.0951. The van der Waals surface area contributed by atoms with Gasteiger partial charge in [0.25, 0.3) is 5.91 Å². The highest BCUT2D eigenvalue weighted by Gasteiger charge is 2.31. The van der Waals surface area contributed by atoms with Gasteiger partial charge in [-0.1, -0.05) is 26.0 Å². The maximum Gasteiger partial charge on any atom is 0.251 e. The summed E-state index contributed by atoms with van der Waals surface area (Å²) in [5.74, 6) is 0.469. The van der Waals surface area contributed by atoms with Gasteiger partial charge in [0.05, 0.1) is 4.90 Å². The van der Waals surface area contributed by atoms with Crippen LogP contribution in [-0.4, -0.2) is 45.8 Å². The summed E-state index contributed by atoms with van der Waals surface area (Å²) in [7, 11) is 0.419. The number of piperidine rings is 1. The zero-order chi connectivity index (χ0) is 21.9. The Hall–Kier alpha value is -2.38. The zero-order valence-corrected chi connectivity index (χ0v) is 18.9. The zero-order valence-electron chi connectivity index (χ0n) is 18.1. The summed E-state index contributed by atoms with van der Waals surface area (Å²) in [6.07, 6.45) is 1.04. The Labute approximate surface area is 179 Å². The molecule has 0 aliphatic carbocycles. The van der Waals surface area contributed by atoms with E-state index in [1.165, 1.54) is 12.1 Å². The highest BCUT2D eigenvalue weighted by Crippen LogP contribution is 2.26. The summed E-state index contributed by atoms with van der Waals surface area (Å²) in [4.78, 5) is 14.7. The number of nitrogens with one attached hydrogen (secondary N) is 1. The number of hydrogen-bond donors (Lipinski definition) is 1. The third-order valence-electron chi connectivity index (χ3n) is 5.50. The number of amides is 1. The van der Waals surface area contributed by atoms with E-state index in [9.17, 15) is 13.2 Å². The largest absolute Gasteiger partial charge is 0.378 e. The highest BCUT2D eigenvalue weighted by atomic mass is 32.2. The Morgan fingerprint density at radius 2 is 1.57 bits per heavy atom. The molecular weight excluding hydrogens is 398 g/mol. The number of carbonyl (C=O) groups excluding carboxylic acids is 1. The number of carbonyl (C=O) groups is 1. The van der Waals surface area contributed by atoms with Crippen LogP contribution >= 0.6 is 0 Å². The second kappa shape index (κ2) is 9.18. The van der Waals surface area contributed by atoms with Gasteiger partial charge >= 0.3 is 0 Å². The first-order chi connectivity index (χ1) is 14.2. The molecule has 1 amide bonds. The number of nitrogens with zero attached hydrogens (tertiary/aromatic N) is 2. The summed E-state index contributed by atoms with van der Waals surface area (Å²) in [5, 5.41) is 2.88. The van der Waals surface area contributed by atoms with Gasteiger partial charge in [0.15, 0.2) is 0 Å². The van der Waals surface area contributed by atoms with E-state index in [0.29, 0.717) is 37.0 Å². The van der Waals surface area contributed by atoms with Crippen LogP contribution in [-0.2, 0) is 16.6 Å². The van der Waals surface area contributed by atoms with Crippen LogP contribution in [0, 0.1) is 11.8 Å². The minimum Gasteiger partial charge on any atom is -0.378 e. The molecule has 3 rings (SSSR count). The standard InChI is InChI=1S/C23H31N3O3S/c1-17-13-18(2)16-26(15-17)30(28,29)22-11-7-20(8-12-22)23(27)24-14-19-5-9-21(10-6-19)25(3)4/h5-12,17-18H,13-16H2,1-4H3,(H,24,27)/t17-,18+. The smallest absolute Gasteiger partial charge is 0.251 e. The second-order valence-corrected chi connectivity index (χ2v) is 10.5. The van der Waals surface area contributed by atoms with Gasteiger partial charge in [0, 0.05) is 45.0 Å². The van der Waals surface area contributed by atoms with Gasteiger partial charge in [0.1, 0.15) is 0 Å². The third kappa shape index (κ3) is 5.21. The van der Waals surface area contributed by atoms with Gasteiger partial charge < -0.3 is 10.2 Å². The van der Waals surface area contributed by atoms with Crippen molar-refractivity contribution in [2.75, 3.05) is 32.1 Å². The summed E-state index contributed by atoms with van der Waals surface area (Å²) in [6, 6.07) is 14.2. The Morgan fingerprint density at radius 3 is 2.10 bits per heavy atom. The van der Waals surface area contributed by atoms with Gasteiger partial charge in [-0.15, -0.1) is 0 Å². The van der Waals surface area contributed by atoms with E-state index in [1.807, 2.05) is 43.3 Å². The second-order valence-electron chi connectivity index (χ2n) is 8.54. The Bertz CT molecular complexity index is 960. The van der Waals surface area contributed by atoms with Crippen LogP contribution in [0.25, 0.3) is 0 Å². The lowest BCUT2D eigenvalue weighted by Crippen LogP contribution is -2.42. The predicted octanol–water partition coefficient (Wildman–Crippen LogP) is 3.35. The molecule has 0 radical (unpaired) electrons. The molecule has 2 aromatic rings. The maximum atomic E-state index is 13.0. The molecule has 0 aromatic heterocycles. The molecule has 1 fully saturated rings. The van der Waals surface area contributed by atoms with Gasteiger partial charge in [-0.25, -0.2) is 8.42 Å². The molecule has 30 heavy (non-hydrogen) atoms. The molecule has 0 bridgehead atoms. The molecule has 1 N–H and O–H groups in total. The van der Waals surface area contributed by atoms with Gasteiger partial charge in [-0.3, -0.25) is 4.79 Å². The Kier molecular flexibility index (Phi) is 6.83. The van der Waals surface area contributed by atoms with E-state index in [-0.39, 0.29) is 10.8 Å². The molecule has 0 unspecified atom stereocenters. The first-order valence-corrected chi connectivity index (χ1v) is 11.8. The minimum absolute atomic E-state index is 0.226. The van der Waals surface area contributed by atoms with E-state index in [1.54, 1.807) is 16.4 Å². The van der Waals surface area contributed by atoms with Crippen molar-refractivity contribution in [3.8, 4) is 0 Å². The number of hydrogen-bond acceptors (Lipinski definition) is 4. The van der Waals surface area contributed by atoms with Crippen molar-refractivity contribution in [3.63, 3.8) is 0 Å². The first-order valence-electron chi connectivity index (χ1n) is 10.3. The van der Waals surface area contributed by atoms with Crippen LogP contribution < -0.4 is 10.2 Å². The fourth-order valence-electron chi connectivity index (χ4n) is 3.93. The molecule has 7 heteroatoms. The van der Waals surface area contributed by atoms with Crippen molar-refractivity contribution in [2.24, 2.45) is 11.8 Å². The quantitative estimate of drug-likeness (QED) is 0.765. The monoisotopic (exact) mass is 429 g/mol. The van der Waals surface area contributed by atoms with Crippen molar-refractivity contribution in [1.29, 1.82) is 0 Å². The van der Waals surface area contributed by atoms with Crippen LogP contribution in [0.1, 0.15) is 36.2 Å². The lowest BCUT2D eigenvalue weighted by Gasteiger charge is -2.34. The van der Waals surface area contributed by atoms with Gasteiger partial charge in [0.2, 0.25) is 10.0 Å². The number of rotatable bonds is 6. The van der Waals surface area contributed by atoms with Crippen molar-refractivity contribution in [3.05, 3.63) is 59.7 Å². The normalized spacial score (nSPS) is 20.0. The van der Waals surface area contributed by atoms with Crippen molar-refractivity contribution in [1.82, 2.24) is 9.62 Å². The SMILES string of the molecule is C[C@@H]1C[C@H](C)CN(S(=O)(=O)c2ccc(C(=O)NCc3ccc(N(C)C)cc3)cc2)C1. The molecule has 1 aliphatic heterocycles. The van der Waals surface area contributed by atoms with Crippen LogP contribution in [0.2, 0.25) is 0 Å². The topological polar surface area (TPSA) is 69.7 Å². The summed E-state index contributed by atoms with van der Waals surface area (Å²) in [5.41, 5.74) is 2.54. The Balaban J connectivity index is 1.63. The van der Waals surface area contributed by atoms with Crippen molar-refractivity contribution in [2.45, 2.75) is 31.7 Å². The molecule has 1 aliphatic rings. The molecule has 1 heterocycles. The number of benzene rings is 2. The average Bonchev–Trinajstić information content (AvgIpc) is 2.71. The molecule has 6 nitrogen and oxygen atoms in total. The van der Waals surface area contributed by atoms with Crippen LogP contribution in [0.5, 0.6) is 0 Å². The molecular formula is C23H31N3O3S. The fourth-order valence-corrected chi connectivity index (χ4v) is 5.61. The molecule has 0 saturated carbocycles. The predicted molar refractivity (Wildman–Crippen MR) is 120 cm³/mol. The van der Waals surface area contributed by atoms with E-state index < -0.39 is 10.0 Å². The number of sulfonamides is 1. The molecule has 1 saturated heterocycles. The highest BCUT2D eigenvalue weighted by molar-refractivity contribution is 7.89. The van der Waals surface area contributed by atoms with Crippen molar-refractivity contribution < 1.29 is 13.2 Å². The van der Waals surface area contributed by atoms with E-state index >= 15 is 0 Å². The lowest BCUT2D eigenvalue weighted by atomic mass is 9.94. The average molecular weight is 430 g/mol.